The predicted octanol–water partition coefficient (Wildman–Crippen LogP) is 2.54. The van der Waals surface area contributed by atoms with Crippen LogP contribution in [0.5, 0.6) is 0 Å². The highest BCUT2D eigenvalue weighted by Gasteiger charge is 2.21. The van der Waals surface area contributed by atoms with Gasteiger partial charge in [-0.15, -0.1) is 0 Å². The second kappa shape index (κ2) is 5.83. The fourth-order valence-electron chi connectivity index (χ4n) is 2.01. The van der Waals surface area contributed by atoms with Gasteiger partial charge in [0.1, 0.15) is 5.82 Å². The molecule has 0 aliphatic heterocycles. The summed E-state index contributed by atoms with van der Waals surface area (Å²) >= 11 is 0. The van der Waals surface area contributed by atoms with E-state index in [-0.39, 0.29) is 17.1 Å². The van der Waals surface area contributed by atoms with Crippen LogP contribution < -0.4 is 5.73 Å². The van der Waals surface area contributed by atoms with Crippen LogP contribution in [0.3, 0.4) is 0 Å². The molecule has 6 heteroatoms. The van der Waals surface area contributed by atoms with Gasteiger partial charge in [0.05, 0.1) is 10.6 Å². The molecule has 0 aromatic heterocycles. The van der Waals surface area contributed by atoms with Crippen LogP contribution in [0.2, 0.25) is 0 Å². The first kappa shape index (κ1) is 15.5. The molecule has 0 amide bonds. The summed E-state index contributed by atoms with van der Waals surface area (Å²) in [5.41, 5.74) is 7.20. The Morgan fingerprint density at radius 3 is 2.52 bits per heavy atom. The molecule has 0 unspecified atom stereocenters. The molecule has 0 bridgehead atoms. The molecule has 21 heavy (non-hydrogen) atoms. The SMILES string of the molecule is Cc1cccc(CN(C)S(=O)(=O)c2ccc(F)c(N)c2)c1. The van der Waals surface area contributed by atoms with Crippen molar-refractivity contribution in [3.05, 3.63) is 59.4 Å². The maximum absolute atomic E-state index is 13.1. The van der Waals surface area contributed by atoms with E-state index in [4.69, 9.17) is 5.73 Å². The minimum Gasteiger partial charge on any atom is -0.396 e. The molecule has 0 radical (unpaired) electrons. The molecule has 0 aliphatic rings. The number of hydrogen-bond acceptors (Lipinski definition) is 3. The number of halogens is 1. The zero-order valence-corrected chi connectivity index (χ0v) is 12.7. The lowest BCUT2D eigenvalue weighted by atomic mass is 10.1. The minimum absolute atomic E-state index is 0.0171. The minimum atomic E-state index is -3.70. The van der Waals surface area contributed by atoms with Gasteiger partial charge in [0.2, 0.25) is 10.0 Å². The van der Waals surface area contributed by atoms with E-state index in [1.807, 2.05) is 31.2 Å². The van der Waals surface area contributed by atoms with Crippen molar-refractivity contribution in [3.8, 4) is 0 Å². The van der Waals surface area contributed by atoms with Crippen molar-refractivity contribution in [1.29, 1.82) is 0 Å². The van der Waals surface area contributed by atoms with Crippen LogP contribution in [0.15, 0.2) is 47.4 Å². The van der Waals surface area contributed by atoms with Crippen LogP contribution in [0.1, 0.15) is 11.1 Å². The largest absolute Gasteiger partial charge is 0.396 e. The topological polar surface area (TPSA) is 63.4 Å². The number of benzene rings is 2. The van der Waals surface area contributed by atoms with E-state index >= 15 is 0 Å². The predicted molar refractivity (Wildman–Crippen MR) is 80.6 cm³/mol. The average molecular weight is 308 g/mol. The Bertz CT molecular complexity index is 760. The van der Waals surface area contributed by atoms with Crippen molar-refractivity contribution in [1.82, 2.24) is 4.31 Å². The summed E-state index contributed by atoms with van der Waals surface area (Å²) < 4.78 is 39.2. The molecule has 0 atom stereocenters. The van der Waals surface area contributed by atoms with Crippen LogP contribution in [0.25, 0.3) is 0 Å². The third kappa shape index (κ3) is 3.40. The summed E-state index contributed by atoms with van der Waals surface area (Å²) in [4.78, 5) is -0.0171. The van der Waals surface area contributed by atoms with Crippen molar-refractivity contribution in [3.63, 3.8) is 0 Å². The van der Waals surface area contributed by atoms with Gasteiger partial charge < -0.3 is 5.73 Å². The van der Waals surface area contributed by atoms with E-state index in [1.165, 1.54) is 17.4 Å². The van der Waals surface area contributed by atoms with E-state index in [2.05, 4.69) is 0 Å². The normalized spacial score (nSPS) is 11.8. The zero-order chi connectivity index (χ0) is 15.6. The third-order valence-corrected chi connectivity index (χ3v) is 4.96. The number of hydrogen-bond donors (Lipinski definition) is 1. The van der Waals surface area contributed by atoms with Crippen molar-refractivity contribution in [2.24, 2.45) is 0 Å². The molecular formula is C15H17FN2O2S. The molecule has 0 saturated heterocycles. The molecule has 2 N–H and O–H groups in total. The van der Waals surface area contributed by atoms with Gasteiger partial charge in [0, 0.05) is 13.6 Å². The maximum atomic E-state index is 13.1. The van der Waals surface area contributed by atoms with Gasteiger partial charge in [-0.05, 0) is 30.7 Å². The van der Waals surface area contributed by atoms with Gasteiger partial charge in [-0.3, -0.25) is 0 Å². The number of aryl methyl sites for hydroxylation is 1. The van der Waals surface area contributed by atoms with E-state index in [0.29, 0.717) is 0 Å². The highest BCUT2D eigenvalue weighted by molar-refractivity contribution is 7.89. The van der Waals surface area contributed by atoms with Crippen molar-refractivity contribution in [2.45, 2.75) is 18.4 Å². The zero-order valence-electron chi connectivity index (χ0n) is 11.9. The van der Waals surface area contributed by atoms with Crippen LogP contribution in [-0.4, -0.2) is 19.8 Å². The molecular weight excluding hydrogens is 291 g/mol. The molecule has 4 nitrogen and oxygen atoms in total. The van der Waals surface area contributed by atoms with Gasteiger partial charge in [0.15, 0.2) is 0 Å². The van der Waals surface area contributed by atoms with E-state index in [9.17, 15) is 12.8 Å². The molecule has 2 aromatic rings. The Morgan fingerprint density at radius 1 is 1.19 bits per heavy atom. The number of nitrogen functional groups attached to an aromatic ring is 1. The summed E-state index contributed by atoms with van der Waals surface area (Å²) in [7, 11) is -2.22. The van der Waals surface area contributed by atoms with Crippen molar-refractivity contribution < 1.29 is 12.8 Å². The monoisotopic (exact) mass is 308 g/mol. The number of nitrogens with two attached hydrogens (primary N) is 1. The van der Waals surface area contributed by atoms with Crippen LogP contribution in [-0.2, 0) is 16.6 Å². The first-order valence-electron chi connectivity index (χ1n) is 6.37. The van der Waals surface area contributed by atoms with E-state index in [1.54, 1.807) is 0 Å². The van der Waals surface area contributed by atoms with Crippen molar-refractivity contribution >= 4 is 15.7 Å². The summed E-state index contributed by atoms with van der Waals surface area (Å²) in [5, 5.41) is 0. The van der Waals surface area contributed by atoms with Gasteiger partial charge in [-0.2, -0.15) is 4.31 Å². The Balaban J connectivity index is 2.28. The smallest absolute Gasteiger partial charge is 0.243 e. The number of rotatable bonds is 4. The molecule has 2 rings (SSSR count). The highest BCUT2D eigenvalue weighted by atomic mass is 32.2. The summed E-state index contributed by atoms with van der Waals surface area (Å²) in [6.07, 6.45) is 0. The Morgan fingerprint density at radius 2 is 1.90 bits per heavy atom. The molecule has 0 saturated carbocycles. The maximum Gasteiger partial charge on any atom is 0.243 e. The first-order chi connectivity index (χ1) is 9.80. The van der Waals surface area contributed by atoms with E-state index < -0.39 is 15.8 Å². The summed E-state index contributed by atoms with van der Waals surface area (Å²) in [6, 6.07) is 11.0. The number of anilines is 1. The molecule has 0 heterocycles. The Hall–Kier alpha value is -1.92. The fraction of sp³-hybridized carbons (Fsp3) is 0.200. The molecule has 0 aliphatic carbocycles. The molecule has 2 aromatic carbocycles. The standard InChI is InChI=1S/C15H17FN2O2S/c1-11-4-3-5-12(8-11)10-18(2)21(19,20)13-6-7-14(16)15(17)9-13/h3-9H,10,17H2,1-2H3. The first-order valence-corrected chi connectivity index (χ1v) is 7.81. The van der Waals surface area contributed by atoms with Gasteiger partial charge in [0.25, 0.3) is 0 Å². The fourth-order valence-corrected chi connectivity index (χ4v) is 3.21. The second-order valence-electron chi connectivity index (χ2n) is 4.93. The van der Waals surface area contributed by atoms with Crippen LogP contribution in [0, 0.1) is 12.7 Å². The average Bonchev–Trinajstić information content (AvgIpc) is 2.41. The van der Waals surface area contributed by atoms with Gasteiger partial charge >= 0.3 is 0 Å². The second-order valence-corrected chi connectivity index (χ2v) is 6.98. The summed E-state index contributed by atoms with van der Waals surface area (Å²) in [6.45, 7) is 2.18. The Kier molecular flexibility index (Phi) is 4.29. The highest BCUT2D eigenvalue weighted by Crippen LogP contribution is 2.21. The van der Waals surface area contributed by atoms with Crippen molar-refractivity contribution in [2.75, 3.05) is 12.8 Å². The van der Waals surface area contributed by atoms with Crippen LogP contribution in [0.4, 0.5) is 10.1 Å². The lowest BCUT2D eigenvalue weighted by Gasteiger charge is -2.18. The third-order valence-electron chi connectivity index (χ3n) is 3.16. The molecule has 0 spiro atoms. The number of sulfonamides is 1. The lowest BCUT2D eigenvalue weighted by molar-refractivity contribution is 0.466. The van der Waals surface area contributed by atoms with E-state index in [0.717, 1.165) is 23.3 Å². The van der Waals surface area contributed by atoms with Gasteiger partial charge in [-0.1, -0.05) is 29.8 Å². The van der Waals surface area contributed by atoms with Gasteiger partial charge in [-0.25, -0.2) is 12.8 Å². The molecule has 112 valence electrons. The molecule has 0 fully saturated rings. The summed E-state index contributed by atoms with van der Waals surface area (Å²) in [5.74, 6) is -0.629. The lowest BCUT2D eigenvalue weighted by Crippen LogP contribution is -2.26. The number of nitrogens with zero attached hydrogens (tertiary/aromatic N) is 1. The quantitative estimate of drug-likeness (QED) is 0.883. The van der Waals surface area contributed by atoms with Crippen LogP contribution >= 0.6 is 0 Å². The Labute approximate surface area is 124 Å².